The SMILES string of the molecule is Cc1ccc(OCC(CC#N)CSc2ccc(OC(C)(C)C(=O)O)c(C)c2)cc1. The van der Waals surface area contributed by atoms with Crippen LogP contribution in [-0.4, -0.2) is 29.0 Å². The van der Waals surface area contributed by atoms with Gasteiger partial charge in [-0.3, -0.25) is 0 Å². The van der Waals surface area contributed by atoms with Crippen LogP contribution in [0.25, 0.3) is 0 Å². The summed E-state index contributed by atoms with van der Waals surface area (Å²) in [6.07, 6.45) is 0.422. The monoisotopic (exact) mass is 413 g/mol. The van der Waals surface area contributed by atoms with Gasteiger partial charge < -0.3 is 14.6 Å². The molecule has 0 saturated carbocycles. The van der Waals surface area contributed by atoms with E-state index in [4.69, 9.17) is 14.7 Å². The van der Waals surface area contributed by atoms with Gasteiger partial charge in [0.1, 0.15) is 11.5 Å². The molecule has 6 heteroatoms. The Labute approximate surface area is 176 Å². The highest BCUT2D eigenvalue weighted by atomic mass is 32.2. The van der Waals surface area contributed by atoms with Gasteiger partial charge in [-0.15, -0.1) is 11.8 Å². The fourth-order valence-electron chi connectivity index (χ4n) is 2.50. The Bertz CT molecular complexity index is 871. The Morgan fingerprint density at radius 2 is 1.90 bits per heavy atom. The van der Waals surface area contributed by atoms with Crippen molar-refractivity contribution < 1.29 is 19.4 Å². The van der Waals surface area contributed by atoms with Crippen LogP contribution >= 0.6 is 11.8 Å². The van der Waals surface area contributed by atoms with Gasteiger partial charge in [0.25, 0.3) is 0 Å². The fraction of sp³-hybridized carbons (Fsp3) is 0.391. The van der Waals surface area contributed by atoms with Crippen molar-refractivity contribution in [1.29, 1.82) is 5.26 Å². The van der Waals surface area contributed by atoms with E-state index in [1.807, 2.05) is 50.2 Å². The van der Waals surface area contributed by atoms with Crippen LogP contribution in [-0.2, 0) is 4.79 Å². The van der Waals surface area contributed by atoms with Crippen molar-refractivity contribution in [3.05, 3.63) is 53.6 Å². The second-order valence-corrected chi connectivity index (χ2v) is 8.60. The highest BCUT2D eigenvalue weighted by Crippen LogP contribution is 2.30. The molecule has 154 valence electrons. The van der Waals surface area contributed by atoms with E-state index in [9.17, 15) is 9.90 Å². The van der Waals surface area contributed by atoms with Gasteiger partial charge in [-0.1, -0.05) is 17.7 Å². The summed E-state index contributed by atoms with van der Waals surface area (Å²) in [5.41, 5.74) is 0.762. The summed E-state index contributed by atoms with van der Waals surface area (Å²) in [7, 11) is 0. The smallest absolute Gasteiger partial charge is 0.347 e. The topological polar surface area (TPSA) is 79.5 Å². The minimum Gasteiger partial charge on any atom is -0.493 e. The third-order valence-corrected chi connectivity index (χ3v) is 5.62. The highest BCUT2D eigenvalue weighted by molar-refractivity contribution is 7.99. The van der Waals surface area contributed by atoms with Crippen molar-refractivity contribution in [3.8, 4) is 17.6 Å². The van der Waals surface area contributed by atoms with Crippen LogP contribution in [0.15, 0.2) is 47.4 Å². The molecule has 0 heterocycles. The molecule has 0 aliphatic carbocycles. The number of carboxylic acids is 1. The predicted octanol–water partition coefficient (Wildman–Crippen LogP) is 5.25. The van der Waals surface area contributed by atoms with Crippen molar-refractivity contribution in [2.45, 2.75) is 44.6 Å². The number of hydrogen-bond acceptors (Lipinski definition) is 5. The standard InChI is InChI=1S/C23H27NO4S/c1-16-5-7-19(8-6-16)27-14-18(11-12-24)15-29-20-9-10-21(17(2)13-20)28-23(3,4)22(25)26/h5-10,13,18H,11,14-15H2,1-4H3,(H,25,26). The Kier molecular flexibility index (Phi) is 7.98. The van der Waals surface area contributed by atoms with Gasteiger partial charge in [0.15, 0.2) is 5.60 Å². The number of nitrogens with zero attached hydrogens (tertiary/aromatic N) is 1. The fourth-order valence-corrected chi connectivity index (χ4v) is 3.57. The maximum atomic E-state index is 11.3. The van der Waals surface area contributed by atoms with Crippen molar-refractivity contribution in [2.24, 2.45) is 5.92 Å². The number of rotatable bonds is 10. The molecule has 29 heavy (non-hydrogen) atoms. The van der Waals surface area contributed by atoms with E-state index < -0.39 is 11.6 Å². The largest absolute Gasteiger partial charge is 0.493 e. The van der Waals surface area contributed by atoms with E-state index in [1.54, 1.807) is 17.8 Å². The molecule has 0 spiro atoms. The second-order valence-electron chi connectivity index (χ2n) is 7.51. The van der Waals surface area contributed by atoms with Crippen LogP contribution in [0.5, 0.6) is 11.5 Å². The molecule has 0 aliphatic heterocycles. The molecule has 1 atom stereocenters. The van der Waals surface area contributed by atoms with Crippen molar-refractivity contribution in [1.82, 2.24) is 0 Å². The maximum absolute atomic E-state index is 11.3. The number of hydrogen-bond donors (Lipinski definition) is 1. The number of thioether (sulfide) groups is 1. The molecule has 0 aliphatic rings. The molecule has 5 nitrogen and oxygen atoms in total. The van der Waals surface area contributed by atoms with Crippen LogP contribution < -0.4 is 9.47 Å². The quantitative estimate of drug-likeness (QED) is 0.536. The molecule has 1 unspecified atom stereocenters. The van der Waals surface area contributed by atoms with Crippen LogP contribution in [0.1, 0.15) is 31.4 Å². The summed E-state index contributed by atoms with van der Waals surface area (Å²) in [5, 5.41) is 18.3. The number of nitriles is 1. The molecular formula is C23H27NO4S. The number of carboxylic acid groups (broad SMARTS) is 1. The van der Waals surface area contributed by atoms with Crippen LogP contribution in [0.3, 0.4) is 0 Å². The first-order chi connectivity index (χ1) is 13.7. The minimum atomic E-state index is -1.29. The van der Waals surface area contributed by atoms with E-state index in [0.29, 0.717) is 18.8 Å². The second kappa shape index (κ2) is 10.2. The van der Waals surface area contributed by atoms with Crippen molar-refractivity contribution in [3.63, 3.8) is 0 Å². The number of carbonyl (C=O) groups is 1. The normalized spacial score (nSPS) is 12.1. The first-order valence-electron chi connectivity index (χ1n) is 9.43. The zero-order chi connectivity index (χ0) is 21.4. The van der Waals surface area contributed by atoms with Gasteiger partial charge >= 0.3 is 5.97 Å². The van der Waals surface area contributed by atoms with Gasteiger partial charge in [-0.25, -0.2) is 4.79 Å². The molecule has 0 aromatic heterocycles. The maximum Gasteiger partial charge on any atom is 0.347 e. The Morgan fingerprint density at radius 1 is 1.21 bits per heavy atom. The zero-order valence-electron chi connectivity index (χ0n) is 17.3. The molecule has 2 aromatic rings. The lowest BCUT2D eigenvalue weighted by Crippen LogP contribution is -2.38. The zero-order valence-corrected chi connectivity index (χ0v) is 18.1. The summed E-state index contributed by atoms with van der Waals surface area (Å²) >= 11 is 1.65. The van der Waals surface area contributed by atoms with E-state index in [2.05, 4.69) is 6.07 Å². The van der Waals surface area contributed by atoms with Crippen molar-refractivity contribution in [2.75, 3.05) is 12.4 Å². The summed E-state index contributed by atoms with van der Waals surface area (Å²) < 4.78 is 11.5. The number of ether oxygens (including phenoxy) is 2. The molecule has 0 amide bonds. The van der Waals surface area contributed by atoms with Crippen LogP contribution in [0, 0.1) is 31.1 Å². The Morgan fingerprint density at radius 3 is 2.48 bits per heavy atom. The third-order valence-electron chi connectivity index (χ3n) is 4.40. The molecule has 2 rings (SSSR count). The third kappa shape index (κ3) is 7.03. The van der Waals surface area contributed by atoms with Gasteiger partial charge in [0, 0.05) is 23.0 Å². The van der Waals surface area contributed by atoms with Gasteiger partial charge in [-0.05, 0) is 63.6 Å². The summed E-state index contributed by atoms with van der Waals surface area (Å²) in [5.74, 6) is 1.20. The average Bonchev–Trinajstić information content (AvgIpc) is 2.67. The van der Waals surface area contributed by atoms with E-state index in [-0.39, 0.29) is 5.92 Å². The van der Waals surface area contributed by atoms with E-state index in [0.717, 1.165) is 22.0 Å². The predicted molar refractivity (Wildman–Crippen MR) is 115 cm³/mol. The number of aliphatic carboxylic acids is 1. The molecule has 0 bridgehead atoms. The summed E-state index contributed by atoms with van der Waals surface area (Å²) in [6.45, 7) is 7.46. The van der Waals surface area contributed by atoms with Crippen LogP contribution in [0.2, 0.25) is 0 Å². The molecular weight excluding hydrogens is 386 g/mol. The van der Waals surface area contributed by atoms with Gasteiger partial charge in [0.05, 0.1) is 12.7 Å². The summed E-state index contributed by atoms with van der Waals surface area (Å²) in [4.78, 5) is 12.3. The Hall–Kier alpha value is -2.65. The van der Waals surface area contributed by atoms with E-state index >= 15 is 0 Å². The lowest BCUT2D eigenvalue weighted by Gasteiger charge is -2.23. The molecule has 0 fully saturated rings. The Balaban J connectivity index is 1.95. The molecule has 1 N–H and O–H groups in total. The van der Waals surface area contributed by atoms with Crippen LogP contribution in [0.4, 0.5) is 0 Å². The molecule has 0 radical (unpaired) electrons. The minimum absolute atomic E-state index is 0.105. The van der Waals surface area contributed by atoms with Gasteiger partial charge in [-0.2, -0.15) is 5.26 Å². The summed E-state index contributed by atoms with van der Waals surface area (Å²) in [6, 6.07) is 15.8. The first-order valence-corrected chi connectivity index (χ1v) is 10.4. The number of benzene rings is 2. The highest BCUT2D eigenvalue weighted by Gasteiger charge is 2.29. The lowest BCUT2D eigenvalue weighted by atomic mass is 10.1. The molecule has 2 aromatic carbocycles. The lowest BCUT2D eigenvalue weighted by molar-refractivity contribution is -0.152. The number of aryl methyl sites for hydroxylation is 2. The van der Waals surface area contributed by atoms with Crippen molar-refractivity contribution >= 4 is 17.7 Å². The van der Waals surface area contributed by atoms with E-state index in [1.165, 1.54) is 19.4 Å². The molecule has 0 saturated heterocycles. The first kappa shape index (κ1) is 22.6. The average molecular weight is 414 g/mol. The van der Waals surface area contributed by atoms with Gasteiger partial charge in [0.2, 0.25) is 0 Å².